The van der Waals surface area contributed by atoms with E-state index >= 15 is 0 Å². The van der Waals surface area contributed by atoms with Crippen molar-refractivity contribution in [2.24, 2.45) is 0 Å². The SMILES string of the molecule is COc1cc(C(=O)NCCN(C(C)C)C(C)C)cc(OC)c1OC. The Morgan fingerprint density at radius 3 is 1.88 bits per heavy atom. The molecule has 1 aromatic carbocycles. The van der Waals surface area contributed by atoms with E-state index in [0.717, 1.165) is 6.54 Å². The van der Waals surface area contributed by atoms with E-state index < -0.39 is 0 Å². The summed E-state index contributed by atoms with van der Waals surface area (Å²) < 4.78 is 15.8. The maximum Gasteiger partial charge on any atom is 0.251 e. The Bertz CT molecular complexity index is 511. The van der Waals surface area contributed by atoms with Crippen molar-refractivity contribution in [1.82, 2.24) is 10.2 Å². The molecular formula is C18H30N2O4. The van der Waals surface area contributed by atoms with Crippen LogP contribution in [0.1, 0.15) is 38.1 Å². The number of benzene rings is 1. The molecule has 6 nitrogen and oxygen atoms in total. The van der Waals surface area contributed by atoms with E-state index in [-0.39, 0.29) is 5.91 Å². The number of hydrogen-bond donors (Lipinski definition) is 1. The maximum atomic E-state index is 12.4. The first-order valence-corrected chi connectivity index (χ1v) is 8.19. The highest BCUT2D eigenvalue weighted by Crippen LogP contribution is 2.38. The molecule has 6 heteroatoms. The first-order valence-electron chi connectivity index (χ1n) is 8.19. The van der Waals surface area contributed by atoms with E-state index in [1.807, 2.05) is 0 Å². The van der Waals surface area contributed by atoms with Gasteiger partial charge in [0.1, 0.15) is 0 Å². The van der Waals surface area contributed by atoms with Gasteiger partial charge in [0, 0.05) is 30.7 Å². The molecule has 0 aliphatic rings. The highest BCUT2D eigenvalue weighted by atomic mass is 16.5. The van der Waals surface area contributed by atoms with E-state index in [9.17, 15) is 4.79 Å². The maximum absolute atomic E-state index is 12.4. The second-order valence-corrected chi connectivity index (χ2v) is 6.10. The molecule has 24 heavy (non-hydrogen) atoms. The fourth-order valence-electron chi connectivity index (χ4n) is 2.73. The van der Waals surface area contributed by atoms with Crippen LogP contribution in [0.3, 0.4) is 0 Å². The summed E-state index contributed by atoms with van der Waals surface area (Å²) in [7, 11) is 4.59. The van der Waals surface area contributed by atoms with Crippen molar-refractivity contribution < 1.29 is 19.0 Å². The monoisotopic (exact) mass is 338 g/mol. The number of methoxy groups -OCH3 is 3. The van der Waals surface area contributed by atoms with Gasteiger partial charge in [0.15, 0.2) is 11.5 Å². The molecule has 0 bridgehead atoms. The van der Waals surface area contributed by atoms with Crippen LogP contribution in [0.2, 0.25) is 0 Å². The average molecular weight is 338 g/mol. The van der Waals surface area contributed by atoms with Gasteiger partial charge in [-0.2, -0.15) is 0 Å². The van der Waals surface area contributed by atoms with Crippen LogP contribution in [-0.2, 0) is 0 Å². The molecule has 0 fully saturated rings. The Hall–Kier alpha value is -1.95. The minimum Gasteiger partial charge on any atom is -0.493 e. The predicted molar refractivity (Wildman–Crippen MR) is 95.4 cm³/mol. The zero-order valence-corrected chi connectivity index (χ0v) is 15.8. The van der Waals surface area contributed by atoms with Gasteiger partial charge in [-0.15, -0.1) is 0 Å². The van der Waals surface area contributed by atoms with Crippen LogP contribution in [0.4, 0.5) is 0 Å². The third-order valence-corrected chi connectivity index (χ3v) is 3.91. The molecule has 0 saturated heterocycles. The summed E-state index contributed by atoms with van der Waals surface area (Å²) in [6.07, 6.45) is 0. The molecule has 1 N–H and O–H groups in total. The number of ether oxygens (including phenoxy) is 3. The third kappa shape index (κ3) is 5.03. The summed E-state index contributed by atoms with van der Waals surface area (Å²) in [5, 5.41) is 2.95. The fourth-order valence-corrected chi connectivity index (χ4v) is 2.73. The van der Waals surface area contributed by atoms with Gasteiger partial charge < -0.3 is 19.5 Å². The van der Waals surface area contributed by atoms with E-state index in [2.05, 4.69) is 37.9 Å². The van der Waals surface area contributed by atoms with Crippen molar-refractivity contribution in [2.75, 3.05) is 34.4 Å². The second kappa shape index (κ2) is 9.37. The Morgan fingerprint density at radius 1 is 1.00 bits per heavy atom. The van der Waals surface area contributed by atoms with Crippen molar-refractivity contribution in [3.63, 3.8) is 0 Å². The summed E-state index contributed by atoms with van der Waals surface area (Å²) in [5.74, 6) is 1.24. The van der Waals surface area contributed by atoms with E-state index in [4.69, 9.17) is 14.2 Å². The topological polar surface area (TPSA) is 60.0 Å². The van der Waals surface area contributed by atoms with Gasteiger partial charge in [-0.25, -0.2) is 0 Å². The molecular weight excluding hydrogens is 308 g/mol. The van der Waals surface area contributed by atoms with Gasteiger partial charge in [0.25, 0.3) is 5.91 Å². The summed E-state index contributed by atoms with van der Waals surface area (Å²) in [6, 6.07) is 4.17. The van der Waals surface area contributed by atoms with Gasteiger partial charge in [-0.1, -0.05) is 0 Å². The Morgan fingerprint density at radius 2 is 1.50 bits per heavy atom. The number of carbonyl (C=O) groups excluding carboxylic acids is 1. The molecule has 0 aliphatic carbocycles. The average Bonchev–Trinajstić information content (AvgIpc) is 2.56. The largest absolute Gasteiger partial charge is 0.493 e. The molecule has 0 unspecified atom stereocenters. The van der Waals surface area contributed by atoms with E-state index in [1.54, 1.807) is 12.1 Å². The fraction of sp³-hybridized carbons (Fsp3) is 0.611. The number of amides is 1. The lowest BCUT2D eigenvalue weighted by atomic mass is 10.1. The van der Waals surface area contributed by atoms with Crippen LogP contribution in [-0.4, -0.2) is 57.3 Å². The number of nitrogens with zero attached hydrogens (tertiary/aromatic N) is 1. The summed E-state index contributed by atoms with van der Waals surface area (Å²) in [4.78, 5) is 14.7. The first kappa shape index (κ1) is 20.1. The zero-order chi connectivity index (χ0) is 18.3. The number of rotatable bonds is 9. The molecule has 136 valence electrons. The molecule has 1 rings (SSSR count). The minimum atomic E-state index is -0.165. The van der Waals surface area contributed by atoms with Crippen molar-refractivity contribution in [1.29, 1.82) is 0 Å². The van der Waals surface area contributed by atoms with Gasteiger partial charge in [-0.3, -0.25) is 9.69 Å². The minimum absolute atomic E-state index is 0.165. The summed E-state index contributed by atoms with van der Waals surface area (Å²) in [5.41, 5.74) is 0.477. The highest BCUT2D eigenvalue weighted by molar-refractivity contribution is 5.95. The summed E-state index contributed by atoms with van der Waals surface area (Å²) >= 11 is 0. The van der Waals surface area contributed by atoms with Gasteiger partial charge in [0.05, 0.1) is 21.3 Å². The molecule has 0 heterocycles. The lowest BCUT2D eigenvalue weighted by Crippen LogP contribution is -2.42. The van der Waals surface area contributed by atoms with Gasteiger partial charge in [-0.05, 0) is 39.8 Å². The second-order valence-electron chi connectivity index (χ2n) is 6.10. The van der Waals surface area contributed by atoms with Crippen LogP contribution in [0.5, 0.6) is 17.2 Å². The quantitative estimate of drug-likeness (QED) is 0.750. The van der Waals surface area contributed by atoms with Crippen LogP contribution < -0.4 is 19.5 Å². The molecule has 0 radical (unpaired) electrons. The molecule has 0 aromatic heterocycles. The van der Waals surface area contributed by atoms with Crippen LogP contribution in [0, 0.1) is 0 Å². The molecule has 0 atom stereocenters. The van der Waals surface area contributed by atoms with E-state index in [1.165, 1.54) is 21.3 Å². The normalized spacial score (nSPS) is 11.1. The molecule has 1 aromatic rings. The number of carbonyl (C=O) groups is 1. The standard InChI is InChI=1S/C18H30N2O4/c1-12(2)20(13(3)4)9-8-19-18(21)14-10-15(22-5)17(24-7)16(11-14)23-6/h10-13H,8-9H2,1-7H3,(H,19,21). The number of nitrogens with one attached hydrogen (secondary N) is 1. The predicted octanol–water partition coefficient (Wildman–Crippen LogP) is 2.56. The van der Waals surface area contributed by atoms with Crippen LogP contribution >= 0.6 is 0 Å². The van der Waals surface area contributed by atoms with Crippen molar-refractivity contribution in [2.45, 2.75) is 39.8 Å². The smallest absolute Gasteiger partial charge is 0.251 e. The first-order chi connectivity index (χ1) is 11.3. The molecule has 1 amide bonds. The third-order valence-electron chi connectivity index (χ3n) is 3.91. The molecule has 0 saturated carbocycles. The zero-order valence-electron chi connectivity index (χ0n) is 15.8. The number of hydrogen-bond acceptors (Lipinski definition) is 5. The molecule has 0 spiro atoms. The Kier molecular flexibility index (Phi) is 7.85. The Balaban J connectivity index is 2.81. The highest BCUT2D eigenvalue weighted by Gasteiger charge is 2.18. The lowest BCUT2D eigenvalue weighted by molar-refractivity contribution is 0.0938. The summed E-state index contributed by atoms with van der Waals surface area (Å²) in [6.45, 7) is 9.99. The van der Waals surface area contributed by atoms with Gasteiger partial charge >= 0.3 is 0 Å². The lowest BCUT2D eigenvalue weighted by Gasteiger charge is -2.30. The van der Waals surface area contributed by atoms with E-state index in [0.29, 0.717) is 41.4 Å². The van der Waals surface area contributed by atoms with Gasteiger partial charge in [0.2, 0.25) is 5.75 Å². The van der Waals surface area contributed by atoms with Crippen molar-refractivity contribution >= 4 is 5.91 Å². The Labute approximate surface area is 145 Å². The molecule has 0 aliphatic heterocycles. The van der Waals surface area contributed by atoms with Crippen molar-refractivity contribution in [3.8, 4) is 17.2 Å². The van der Waals surface area contributed by atoms with Crippen LogP contribution in [0.15, 0.2) is 12.1 Å². The van der Waals surface area contributed by atoms with Crippen LogP contribution in [0.25, 0.3) is 0 Å². The van der Waals surface area contributed by atoms with Crippen molar-refractivity contribution in [3.05, 3.63) is 17.7 Å².